The molecule has 208 valence electrons. The van der Waals surface area contributed by atoms with Gasteiger partial charge in [0.1, 0.15) is 12.1 Å². The molecule has 0 spiro atoms. The van der Waals surface area contributed by atoms with E-state index in [4.69, 9.17) is 0 Å². The zero-order valence-corrected chi connectivity index (χ0v) is 21.7. The average Bonchev–Trinajstić information content (AvgIpc) is 2.87. The molecule has 0 radical (unpaired) electrons. The van der Waals surface area contributed by atoms with Crippen molar-refractivity contribution in [1.29, 1.82) is 5.26 Å². The van der Waals surface area contributed by atoms with Gasteiger partial charge in [0.15, 0.2) is 0 Å². The van der Waals surface area contributed by atoms with Crippen LogP contribution in [0.1, 0.15) is 31.2 Å². The van der Waals surface area contributed by atoms with Crippen molar-refractivity contribution in [3.8, 4) is 17.2 Å². The molecule has 1 amide bonds. The number of halogens is 3. The lowest BCUT2D eigenvalue weighted by Crippen LogP contribution is -2.53. The van der Waals surface area contributed by atoms with E-state index in [9.17, 15) is 36.4 Å². The van der Waals surface area contributed by atoms with Gasteiger partial charge in [-0.25, -0.2) is 13.2 Å². The van der Waals surface area contributed by atoms with Crippen LogP contribution in [0, 0.1) is 11.3 Å². The summed E-state index contributed by atoms with van der Waals surface area (Å²) in [5, 5.41) is 12.8. The predicted octanol–water partition coefficient (Wildman–Crippen LogP) is 3.17. The molecule has 2 aliphatic heterocycles. The first-order valence-electron chi connectivity index (χ1n) is 12.4. The molecule has 2 aromatic carbocycles. The van der Waals surface area contributed by atoms with Crippen molar-refractivity contribution in [2.24, 2.45) is 0 Å². The highest BCUT2D eigenvalue weighted by molar-refractivity contribution is 7.89. The van der Waals surface area contributed by atoms with Crippen LogP contribution in [0.2, 0.25) is 0 Å². The van der Waals surface area contributed by atoms with Gasteiger partial charge < -0.3 is 10.2 Å². The number of benzene rings is 2. The number of sulfonamides is 1. The number of hydrogen-bond acceptors (Lipinski definition) is 7. The molecule has 2 aromatic rings. The molecule has 39 heavy (non-hydrogen) atoms. The molecule has 0 aliphatic carbocycles. The zero-order chi connectivity index (χ0) is 28.2. The van der Waals surface area contributed by atoms with Crippen molar-refractivity contribution in [1.82, 2.24) is 14.7 Å². The Labute approximate surface area is 224 Å². The molecular formula is C26H27F3N4O5S. The van der Waals surface area contributed by atoms with Crippen molar-refractivity contribution in [2.75, 3.05) is 19.6 Å². The number of hydroxylamine groups is 2. The van der Waals surface area contributed by atoms with E-state index in [-0.39, 0.29) is 24.3 Å². The summed E-state index contributed by atoms with van der Waals surface area (Å²) in [5.74, 6) is -3.09. The lowest BCUT2D eigenvalue weighted by Gasteiger charge is -2.33. The van der Waals surface area contributed by atoms with Crippen LogP contribution >= 0.6 is 0 Å². The Bertz CT molecular complexity index is 1340. The van der Waals surface area contributed by atoms with Crippen molar-refractivity contribution >= 4 is 21.9 Å². The summed E-state index contributed by atoms with van der Waals surface area (Å²) in [6.07, 6.45) is -2.99. The summed E-state index contributed by atoms with van der Waals surface area (Å²) in [4.78, 5) is 28.7. The van der Waals surface area contributed by atoms with Gasteiger partial charge >= 0.3 is 12.1 Å². The van der Waals surface area contributed by atoms with Gasteiger partial charge in [-0.05, 0) is 54.5 Å². The summed E-state index contributed by atoms with van der Waals surface area (Å²) in [7, 11) is -3.47. The van der Waals surface area contributed by atoms with E-state index in [1.807, 2.05) is 18.2 Å². The Morgan fingerprint density at radius 2 is 1.62 bits per heavy atom. The maximum atomic E-state index is 12.8. The number of nitrogens with zero attached hydrogens (tertiary/aromatic N) is 3. The summed E-state index contributed by atoms with van der Waals surface area (Å²) in [5.41, 5.74) is 2.36. The minimum absolute atomic E-state index is 0.0241. The molecule has 0 aromatic heterocycles. The molecule has 2 aliphatic rings. The number of nitrogens with one attached hydrogen (secondary N) is 1. The van der Waals surface area contributed by atoms with Gasteiger partial charge in [0, 0.05) is 26.1 Å². The number of alkyl halides is 3. The van der Waals surface area contributed by atoms with Crippen molar-refractivity contribution in [3.05, 3.63) is 54.1 Å². The second kappa shape index (κ2) is 11.7. The van der Waals surface area contributed by atoms with E-state index < -0.39 is 40.2 Å². The summed E-state index contributed by atoms with van der Waals surface area (Å²) < 4.78 is 64.3. The van der Waals surface area contributed by atoms with Crippen molar-refractivity contribution in [2.45, 2.75) is 55.3 Å². The van der Waals surface area contributed by atoms with Gasteiger partial charge in [0.25, 0.3) is 0 Å². The maximum Gasteiger partial charge on any atom is 0.492 e. The molecule has 0 unspecified atom stereocenters. The first-order valence-corrected chi connectivity index (χ1v) is 13.9. The van der Waals surface area contributed by atoms with Crippen LogP contribution in [-0.2, 0) is 30.9 Å². The Morgan fingerprint density at radius 1 is 1.00 bits per heavy atom. The highest BCUT2D eigenvalue weighted by atomic mass is 32.2. The quantitative estimate of drug-likeness (QED) is 0.523. The predicted molar refractivity (Wildman–Crippen MR) is 133 cm³/mol. The zero-order valence-electron chi connectivity index (χ0n) is 20.9. The normalized spacial score (nSPS) is 19.4. The van der Waals surface area contributed by atoms with Crippen LogP contribution in [0.4, 0.5) is 13.2 Å². The fourth-order valence-corrected chi connectivity index (χ4v) is 5.91. The van der Waals surface area contributed by atoms with Crippen molar-refractivity contribution in [3.63, 3.8) is 0 Å². The SMILES string of the molecule is N#C[C@H](Cc1ccc(-c2ccc(S(=O)(=O)N3CCC3)cc2)cc1)NC(=O)[C@@H]1CCCCN1OC(=O)C(F)(F)F. The highest BCUT2D eigenvalue weighted by Crippen LogP contribution is 2.26. The molecule has 2 atom stereocenters. The Hall–Kier alpha value is -3.47. The molecule has 4 rings (SSSR count). The standard InChI is InChI=1S/C26H27F3N4O5S/c27-26(28,29)25(35)38-33-15-2-1-4-23(33)24(34)31-21(17-30)16-18-5-7-19(8-6-18)20-9-11-22(12-10-20)39(36,37)32-13-3-14-32/h5-12,21,23H,1-4,13-16H2,(H,31,34)/t21-,23-/m0/s1. The molecule has 2 heterocycles. The maximum absolute atomic E-state index is 12.8. The largest absolute Gasteiger partial charge is 0.492 e. The number of rotatable bonds is 8. The monoisotopic (exact) mass is 564 g/mol. The van der Waals surface area contributed by atoms with Crippen LogP contribution < -0.4 is 5.32 Å². The molecule has 0 saturated carbocycles. The number of nitriles is 1. The van der Waals surface area contributed by atoms with Gasteiger partial charge in [0.05, 0.1) is 11.0 Å². The van der Waals surface area contributed by atoms with Crippen LogP contribution in [0.3, 0.4) is 0 Å². The minimum atomic E-state index is -5.19. The number of carbonyl (C=O) groups is 2. The fourth-order valence-electron chi connectivity index (χ4n) is 4.40. The average molecular weight is 565 g/mol. The van der Waals surface area contributed by atoms with Crippen LogP contribution in [0.25, 0.3) is 11.1 Å². The Kier molecular flexibility index (Phi) is 8.58. The molecule has 2 fully saturated rings. The molecule has 9 nitrogen and oxygen atoms in total. The van der Waals surface area contributed by atoms with Gasteiger partial charge in [0.2, 0.25) is 15.9 Å². The number of piperidine rings is 1. The van der Waals surface area contributed by atoms with Gasteiger partial charge in [-0.15, -0.1) is 5.06 Å². The lowest BCUT2D eigenvalue weighted by atomic mass is 10.00. The van der Waals surface area contributed by atoms with Gasteiger partial charge in [-0.2, -0.15) is 22.7 Å². The molecule has 1 N–H and O–H groups in total. The first kappa shape index (κ1) is 28.5. The first-order chi connectivity index (χ1) is 18.5. The fraction of sp³-hybridized carbons (Fsp3) is 0.423. The van der Waals surface area contributed by atoms with Crippen LogP contribution in [0.15, 0.2) is 53.4 Å². The molecule has 13 heteroatoms. The minimum Gasteiger partial charge on any atom is -0.360 e. The number of carbonyl (C=O) groups excluding carboxylic acids is 2. The lowest BCUT2D eigenvalue weighted by molar-refractivity contribution is -0.248. The van der Waals surface area contributed by atoms with Crippen molar-refractivity contribution < 1.29 is 36.0 Å². The van der Waals surface area contributed by atoms with Crippen LogP contribution in [-0.4, -0.2) is 67.6 Å². The van der Waals surface area contributed by atoms with Gasteiger partial charge in [-0.3, -0.25) is 4.79 Å². The van der Waals surface area contributed by atoms with Gasteiger partial charge in [-0.1, -0.05) is 36.4 Å². The molecule has 0 bridgehead atoms. The summed E-state index contributed by atoms with van der Waals surface area (Å²) in [6.45, 7) is 1.03. The third-order valence-electron chi connectivity index (χ3n) is 6.69. The summed E-state index contributed by atoms with van der Waals surface area (Å²) >= 11 is 0. The van der Waals surface area contributed by atoms with E-state index in [0.717, 1.165) is 28.2 Å². The topological polar surface area (TPSA) is 120 Å². The van der Waals surface area contributed by atoms with E-state index in [2.05, 4.69) is 10.2 Å². The third kappa shape index (κ3) is 6.76. The number of hydrogen-bond donors (Lipinski definition) is 1. The Balaban J connectivity index is 1.37. The second-order valence-electron chi connectivity index (χ2n) is 9.40. The summed E-state index contributed by atoms with van der Waals surface area (Å²) in [6, 6.07) is 13.6. The van der Waals surface area contributed by atoms with Crippen LogP contribution in [0.5, 0.6) is 0 Å². The van der Waals surface area contributed by atoms with E-state index in [1.54, 1.807) is 36.4 Å². The van der Waals surface area contributed by atoms with E-state index in [1.165, 1.54) is 4.31 Å². The second-order valence-corrected chi connectivity index (χ2v) is 11.3. The van der Waals surface area contributed by atoms with E-state index in [0.29, 0.717) is 25.9 Å². The third-order valence-corrected chi connectivity index (χ3v) is 8.61. The molecule has 2 saturated heterocycles. The number of amides is 1. The smallest absolute Gasteiger partial charge is 0.360 e. The van der Waals surface area contributed by atoms with E-state index >= 15 is 0 Å². The molecular weight excluding hydrogens is 537 g/mol. The highest BCUT2D eigenvalue weighted by Gasteiger charge is 2.44. The Morgan fingerprint density at radius 3 is 2.15 bits per heavy atom.